The lowest BCUT2D eigenvalue weighted by Crippen LogP contribution is -2.27. The zero-order chi connectivity index (χ0) is 19.2. The van der Waals surface area contributed by atoms with E-state index in [1.54, 1.807) is 0 Å². The third kappa shape index (κ3) is 5.42. The van der Waals surface area contributed by atoms with Crippen LogP contribution in [0.15, 0.2) is 29.2 Å². The zero-order valence-corrected chi connectivity index (χ0v) is 17.6. The van der Waals surface area contributed by atoms with E-state index in [0.717, 1.165) is 34.3 Å². The molecule has 6 heteroatoms. The fourth-order valence-electron chi connectivity index (χ4n) is 3.79. The molecule has 5 nitrogen and oxygen atoms in total. The molecular weight excluding hydrogens is 356 g/mol. The highest BCUT2D eigenvalue weighted by atomic mass is 32.2. The van der Waals surface area contributed by atoms with E-state index in [4.69, 9.17) is 0 Å². The van der Waals surface area contributed by atoms with Crippen molar-refractivity contribution in [2.75, 3.05) is 17.8 Å². The molecule has 2 aromatic rings. The Kier molecular flexibility index (Phi) is 7.07. The standard InChI is InChI=1S/C21H32N4OS/c1-16-21(17(2)25(3)23-16)24-27(26)20-10-8-18(9-11-20)6-4-5-7-19-12-14-22-15-13-19/h8-11,19,22,24H,4-7,12-15H2,1-3H3. The summed E-state index contributed by atoms with van der Waals surface area (Å²) in [7, 11) is 0.629. The molecule has 1 aliphatic rings. The van der Waals surface area contributed by atoms with Crippen LogP contribution < -0.4 is 10.0 Å². The van der Waals surface area contributed by atoms with Gasteiger partial charge in [-0.25, -0.2) is 4.21 Å². The third-order valence-electron chi connectivity index (χ3n) is 5.63. The van der Waals surface area contributed by atoms with E-state index in [1.807, 2.05) is 37.7 Å². The van der Waals surface area contributed by atoms with Crippen molar-refractivity contribution in [3.8, 4) is 0 Å². The van der Waals surface area contributed by atoms with Gasteiger partial charge in [0.2, 0.25) is 0 Å². The van der Waals surface area contributed by atoms with Gasteiger partial charge in [-0.1, -0.05) is 25.0 Å². The minimum Gasteiger partial charge on any atom is -0.317 e. The van der Waals surface area contributed by atoms with Gasteiger partial charge in [-0.15, -0.1) is 0 Å². The summed E-state index contributed by atoms with van der Waals surface area (Å²) in [5.74, 6) is 0.918. The Bertz CT molecular complexity index is 763. The summed E-state index contributed by atoms with van der Waals surface area (Å²) in [6.07, 6.45) is 7.68. The van der Waals surface area contributed by atoms with Crippen LogP contribution in [0.4, 0.5) is 5.69 Å². The van der Waals surface area contributed by atoms with Crippen LogP contribution in [0.1, 0.15) is 49.1 Å². The molecule has 27 heavy (non-hydrogen) atoms. The smallest absolute Gasteiger partial charge is 0.150 e. The lowest BCUT2D eigenvalue weighted by molar-refractivity contribution is 0.344. The molecule has 1 saturated heterocycles. The molecule has 1 unspecified atom stereocenters. The quantitative estimate of drug-likeness (QED) is 0.675. The number of rotatable bonds is 8. The van der Waals surface area contributed by atoms with E-state index in [-0.39, 0.29) is 0 Å². The van der Waals surface area contributed by atoms with E-state index in [9.17, 15) is 4.21 Å². The first-order valence-corrected chi connectivity index (χ1v) is 11.2. The maximum absolute atomic E-state index is 12.6. The van der Waals surface area contributed by atoms with E-state index >= 15 is 0 Å². The van der Waals surface area contributed by atoms with Gasteiger partial charge in [-0.05, 0) is 76.2 Å². The van der Waals surface area contributed by atoms with E-state index < -0.39 is 11.0 Å². The van der Waals surface area contributed by atoms with Crippen LogP contribution in [0.2, 0.25) is 0 Å². The van der Waals surface area contributed by atoms with Crippen LogP contribution in [0, 0.1) is 19.8 Å². The van der Waals surface area contributed by atoms with Crippen molar-refractivity contribution in [2.24, 2.45) is 13.0 Å². The molecular formula is C21H32N4OS. The molecule has 0 spiro atoms. The van der Waals surface area contributed by atoms with Crippen molar-refractivity contribution in [1.82, 2.24) is 15.1 Å². The van der Waals surface area contributed by atoms with Crippen LogP contribution in [0.3, 0.4) is 0 Å². The summed E-state index contributed by atoms with van der Waals surface area (Å²) < 4.78 is 17.5. The molecule has 2 N–H and O–H groups in total. The minimum absolute atomic E-state index is 0.802. The zero-order valence-electron chi connectivity index (χ0n) is 16.8. The average Bonchev–Trinajstić information content (AvgIpc) is 2.92. The van der Waals surface area contributed by atoms with Gasteiger partial charge in [0.05, 0.1) is 22.0 Å². The maximum Gasteiger partial charge on any atom is 0.150 e. The Hall–Kier alpha value is -1.66. The Balaban J connectivity index is 1.47. The molecule has 2 heterocycles. The highest BCUT2D eigenvalue weighted by Crippen LogP contribution is 2.22. The first-order valence-electron chi connectivity index (χ1n) is 10.0. The highest BCUT2D eigenvalue weighted by Gasteiger charge is 2.14. The SMILES string of the molecule is Cc1nn(C)c(C)c1NS(=O)c1ccc(CCCCC2CCNCC2)cc1. The molecule has 0 radical (unpaired) electrons. The highest BCUT2D eigenvalue weighted by molar-refractivity contribution is 7.86. The van der Waals surface area contributed by atoms with Gasteiger partial charge < -0.3 is 5.32 Å². The van der Waals surface area contributed by atoms with Gasteiger partial charge in [0.15, 0.2) is 0 Å². The lowest BCUT2D eigenvalue weighted by atomic mass is 9.92. The van der Waals surface area contributed by atoms with Crippen LogP contribution in [-0.2, 0) is 24.5 Å². The predicted molar refractivity (Wildman–Crippen MR) is 112 cm³/mol. The predicted octanol–water partition coefficient (Wildman–Crippen LogP) is 3.88. The largest absolute Gasteiger partial charge is 0.317 e. The van der Waals surface area contributed by atoms with E-state index in [0.29, 0.717) is 0 Å². The summed E-state index contributed by atoms with van der Waals surface area (Å²) in [6.45, 7) is 6.29. The van der Waals surface area contributed by atoms with Gasteiger partial charge >= 0.3 is 0 Å². The van der Waals surface area contributed by atoms with Crippen LogP contribution in [0.25, 0.3) is 0 Å². The molecule has 1 aliphatic heterocycles. The Morgan fingerprint density at radius 1 is 1.19 bits per heavy atom. The number of aromatic nitrogens is 2. The van der Waals surface area contributed by atoms with Crippen molar-refractivity contribution in [1.29, 1.82) is 0 Å². The molecule has 0 amide bonds. The van der Waals surface area contributed by atoms with Crippen molar-refractivity contribution in [3.05, 3.63) is 41.2 Å². The van der Waals surface area contributed by atoms with Gasteiger partial charge in [-0.3, -0.25) is 9.40 Å². The summed E-state index contributed by atoms with van der Waals surface area (Å²) in [5, 5.41) is 7.80. The fourth-order valence-corrected chi connectivity index (χ4v) is 4.77. The summed E-state index contributed by atoms with van der Waals surface area (Å²) in [5.41, 5.74) is 4.05. The van der Waals surface area contributed by atoms with Crippen molar-refractivity contribution < 1.29 is 4.21 Å². The Morgan fingerprint density at radius 3 is 2.52 bits per heavy atom. The number of unbranched alkanes of at least 4 members (excludes halogenated alkanes) is 1. The second-order valence-corrected chi connectivity index (χ2v) is 8.84. The number of nitrogens with one attached hydrogen (secondary N) is 2. The van der Waals surface area contributed by atoms with E-state index in [1.165, 1.54) is 50.8 Å². The molecule has 1 fully saturated rings. The number of benzene rings is 1. The van der Waals surface area contributed by atoms with E-state index in [2.05, 4.69) is 27.3 Å². The molecule has 1 atom stereocenters. The monoisotopic (exact) mass is 388 g/mol. The van der Waals surface area contributed by atoms with Crippen LogP contribution in [0.5, 0.6) is 0 Å². The lowest BCUT2D eigenvalue weighted by Gasteiger charge is -2.22. The second kappa shape index (κ2) is 9.51. The van der Waals surface area contributed by atoms with Crippen molar-refractivity contribution in [3.63, 3.8) is 0 Å². The first-order chi connectivity index (χ1) is 13.0. The summed E-state index contributed by atoms with van der Waals surface area (Å²) >= 11 is 0. The molecule has 1 aromatic heterocycles. The van der Waals surface area contributed by atoms with Crippen molar-refractivity contribution in [2.45, 2.75) is 57.3 Å². The summed E-state index contributed by atoms with van der Waals surface area (Å²) in [4.78, 5) is 0.802. The normalized spacial score (nSPS) is 16.4. The molecule has 0 aliphatic carbocycles. The number of nitrogens with zero attached hydrogens (tertiary/aromatic N) is 2. The average molecular weight is 389 g/mol. The van der Waals surface area contributed by atoms with Gasteiger partial charge in [0, 0.05) is 7.05 Å². The number of piperidine rings is 1. The number of aryl methyl sites for hydroxylation is 3. The molecule has 0 bridgehead atoms. The number of hydrogen-bond acceptors (Lipinski definition) is 3. The van der Waals surface area contributed by atoms with Crippen molar-refractivity contribution >= 4 is 16.7 Å². The third-order valence-corrected chi connectivity index (χ3v) is 6.72. The summed E-state index contributed by atoms with van der Waals surface area (Å²) in [6, 6.07) is 8.18. The van der Waals surface area contributed by atoms with Gasteiger partial charge in [-0.2, -0.15) is 5.10 Å². The Morgan fingerprint density at radius 2 is 1.89 bits per heavy atom. The first kappa shape index (κ1) is 20.1. The van der Waals surface area contributed by atoms with Gasteiger partial charge in [0.25, 0.3) is 0 Å². The van der Waals surface area contributed by atoms with Crippen LogP contribution >= 0.6 is 0 Å². The molecule has 0 saturated carbocycles. The molecule has 1 aromatic carbocycles. The second-order valence-electron chi connectivity index (χ2n) is 7.62. The van der Waals surface area contributed by atoms with Gasteiger partial charge in [0.1, 0.15) is 11.0 Å². The minimum atomic E-state index is -1.27. The van der Waals surface area contributed by atoms with Crippen LogP contribution in [-0.4, -0.2) is 27.1 Å². The number of anilines is 1. The Labute approximate surface area is 165 Å². The topological polar surface area (TPSA) is 59.0 Å². The number of hydrogen-bond donors (Lipinski definition) is 2. The molecule has 3 rings (SSSR count). The molecule has 148 valence electrons. The maximum atomic E-state index is 12.6. The fraction of sp³-hybridized carbons (Fsp3) is 0.571.